The van der Waals surface area contributed by atoms with Crippen LogP contribution in [0.4, 0.5) is 0 Å². The summed E-state index contributed by atoms with van der Waals surface area (Å²) in [5.74, 6) is 0.318. The molecular formula is C12H17NO3S. The van der Waals surface area contributed by atoms with Crippen molar-refractivity contribution >= 4 is 10.0 Å². The van der Waals surface area contributed by atoms with Crippen LogP contribution in [0, 0.1) is 5.92 Å². The summed E-state index contributed by atoms with van der Waals surface area (Å²) in [5, 5.41) is 0. The van der Waals surface area contributed by atoms with Gasteiger partial charge in [0.2, 0.25) is 10.0 Å². The van der Waals surface area contributed by atoms with Crippen molar-refractivity contribution in [2.75, 3.05) is 26.8 Å². The predicted octanol–water partition coefficient (Wildman–Crippen LogP) is 1.34. The lowest BCUT2D eigenvalue weighted by Crippen LogP contribution is -2.29. The quantitative estimate of drug-likeness (QED) is 0.815. The third-order valence-electron chi connectivity index (χ3n) is 3.03. The molecule has 1 aromatic carbocycles. The molecule has 1 saturated heterocycles. The zero-order valence-corrected chi connectivity index (χ0v) is 10.7. The van der Waals surface area contributed by atoms with Gasteiger partial charge in [-0.25, -0.2) is 8.42 Å². The highest BCUT2D eigenvalue weighted by Crippen LogP contribution is 2.24. The van der Waals surface area contributed by atoms with Gasteiger partial charge in [0.15, 0.2) is 0 Å². The van der Waals surface area contributed by atoms with E-state index in [0.717, 1.165) is 6.42 Å². The van der Waals surface area contributed by atoms with Crippen molar-refractivity contribution in [1.29, 1.82) is 0 Å². The predicted molar refractivity (Wildman–Crippen MR) is 65.2 cm³/mol. The Balaban J connectivity index is 2.13. The molecule has 0 bridgehead atoms. The fourth-order valence-electron chi connectivity index (χ4n) is 2.13. The van der Waals surface area contributed by atoms with Crippen molar-refractivity contribution in [3.05, 3.63) is 30.3 Å². The van der Waals surface area contributed by atoms with Crippen LogP contribution in [0.15, 0.2) is 35.2 Å². The Morgan fingerprint density at radius 3 is 2.71 bits per heavy atom. The van der Waals surface area contributed by atoms with Gasteiger partial charge >= 0.3 is 0 Å². The molecule has 0 aromatic heterocycles. The number of nitrogens with zero attached hydrogens (tertiary/aromatic N) is 1. The highest BCUT2D eigenvalue weighted by atomic mass is 32.2. The van der Waals surface area contributed by atoms with Gasteiger partial charge < -0.3 is 4.74 Å². The Hall–Kier alpha value is -0.910. The van der Waals surface area contributed by atoms with Gasteiger partial charge in [-0.2, -0.15) is 4.31 Å². The van der Waals surface area contributed by atoms with Gasteiger partial charge in [-0.1, -0.05) is 18.2 Å². The van der Waals surface area contributed by atoms with Gasteiger partial charge in [0.1, 0.15) is 0 Å². The molecule has 1 unspecified atom stereocenters. The first-order valence-corrected chi connectivity index (χ1v) is 7.12. The lowest BCUT2D eigenvalue weighted by atomic mass is 10.1. The first-order valence-electron chi connectivity index (χ1n) is 5.68. The van der Waals surface area contributed by atoms with Crippen molar-refractivity contribution in [1.82, 2.24) is 4.31 Å². The summed E-state index contributed by atoms with van der Waals surface area (Å²) in [7, 11) is -1.66. The van der Waals surface area contributed by atoms with Crippen molar-refractivity contribution in [3.63, 3.8) is 0 Å². The number of sulfonamides is 1. The minimum atomic E-state index is -3.31. The maximum atomic E-state index is 12.3. The smallest absolute Gasteiger partial charge is 0.243 e. The zero-order chi connectivity index (χ0) is 12.3. The largest absolute Gasteiger partial charge is 0.384 e. The van der Waals surface area contributed by atoms with Gasteiger partial charge in [-0.3, -0.25) is 0 Å². The maximum absolute atomic E-state index is 12.3. The zero-order valence-electron chi connectivity index (χ0n) is 9.87. The summed E-state index contributed by atoms with van der Waals surface area (Å²) in [4.78, 5) is 0.373. The van der Waals surface area contributed by atoms with Gasteiger partial charge in [0.25, 0.3) is 0 Å². The molecule has 0 saturated carbocycles. The Morgan fingerprint density at radius 2 is 2.06 bits per heavy atom. The molecule has 1 fully saturated rings. The molecule has 0 spiro atoms. The Morgan fingerprint density at radius 1 is 1.35 bits per heavy atom. The first kappa shape index (κ1) is 12.5. The molecule has 2 rings (SSSR count). The molecule has 1 aromatic rings. The van der Waals surface area contributed by atoms with Crippen LogP contribution in [-0.4, -0.2) is 39.5 Å². The molecule has 1 aliphatic heterocycles. The number of benzene rings is 1. The minimum absolute atomic E-state index is 0.318. The third-order valence-corrected chi connectivity index (χ3v) is 4.91. The average molecular weight is 255 g/mol. The third kappa shape index (κ3) is 2.68. The maximum Gasteiger partial charge on any atom is 0.243 e. The number of hydrogen-bond donors (Lipinski definition) is 0. The summed E-state index contributed by atoms with van der Waals surface area (Å²) >= 11 is 0. The Labute approximate surface area is 102 Å². The van der Waals surface area contributed by atoms with Crippen molar-refractivity contribution in [3.8, 4) is 0 Å². The van der Waals surface area contributed by atoms with Gasteiger partial charge in [-0.15, -0.1) is 0 Å². The van der Waals surface area contributed by atoms with Crippen LogP contribution in [0.3, 0.4) is 0 Å². The standard InChI is InChI=1S/C12H17NO3S/c1-16-10-11-7-8-13(9-11)17(14,15)12-5-3-2-4-6-12/h2-6,11H,7-10H2,1H3. The van der Waals surface area contributed by atoms with E-state index in [4.69, 9.17) is 4.74 Å². The SMILES string of the molecule is COCC1CCN(S(=O)(=O)c2ccccc2)C1. The second-order valence-electron chi connectivity index (χ2n) is 4.29. The van der Waals surface area contributed by atoms with E-state index in [2.05, 4.69) is 0 Å². The van der Waals surface area contributed by atoms with E-state index < -0.39 is 10.0 Å². The summed E-state index contributed by atoms with van der Waals surface area (Å²) < 4.78 is 31.2. The van der Waals surface area contributed by atoms with E-state index in [9.17, 15) is 8.42 Å². The van der Waals surface area contributed by atoms with Crippen molar-refractivity contribution in [2.24, 2.45) is 5.92 Å². The molecule has 4 nitrogen and oxygen atoms in total. The van der Waals surface area contributed by atoms with Crippen molar-refractivity contribution in [2.45, 2.75) is 11.3 Å². The minimum Gasteiger partial charge on any atom is -0.384 e. The number of rotatable bonds is 4. The fraction of sp³-hybridized carbons (Fsp3) is 0.500. The van der Waals surface area contributed by atoms with Crippen LogP contribution >= 0.6 is 0 Å². The second-order valence-corrected chi connectivity index (χ2v) is 6.22. The van der Waals surface area contributed by atoms with E-state index in [1.807, 2.05) is 6.07 Å². The molecular weight excluding hydrogens is 238 g/mol. The summed E-state index contributed by atoms with van der Waals surface area (Å²) in [6.45, 7) is 1.77. The molecule has 17 heavy (non-hydrogen) atoms. The summed E-state index contributed by atoms with van der Waals surface area (Å²) in [5.41, 5.74) is 0. The first-order chi connectivity index (χ1) is 8.14. The van der Waals surface area contributed by atoms with Crippen LogP contribution in [0.5, 0.6) is 0 Å². The molecule has 1 heterocycles. The monoisotopic (exact) mass is 255 g/mol. The van der Waals surface area contributed by atoms with Gasteiger partial charge in [-0.05, 0) is 24.5 Å². The molecule has 1 atom stereocenters. The fourth-order valence-corrected chi connectivity index (χ4v) is 3.68. The molecule has 0 N–H and O–H groups in total. The molecule has 94 valence electrons. The van der Waals surface area contributed by atoms with Crippen LogP contribution in [0.2, 0.25) is 0 Å². The topological polar surface area (TPSA) is 46.6 Å². The van der Waals surface area contributed by atoms with E-state index in [1.54, 1.807) is 35.7 Å². The van der Waals surface area contributed by atoms with E-state index in [1.165, 1.54) is 0 Å². The van der Waals surface area contributed by atoms with Gasteiger partial charge in [0.05, 0.1) is 11.5 Å². The number of hydrogen-bond acceptors (Lipinski definition) is 3. The van der Waals surface area contributed by atoms with E-state index in [0.29, 0.717) is 30.5 Å². The summed E-state index contributed by atoms with van der Waals surface area (Å²) in [6, 6.07) is 8.58. The van der Waals surface area contributed by atoms with Crippen LogP contribution < -0.4 is 0 Å². The van der Waals surface area contributed by atoms with Gasteiger partial charge in [0, 0.05) is 20.2 Å². The van der Waals surface area contributed by atoms with Crippen LogP contribution in [0.25, 0.3) is 0 Å². The highest BCUT2D eigenvalue weighted by molar-refractivity contribution is 7.89. The lowest BCUT2D eigenvalue weighted by Gasteiger charge is -2.16. The number of ether oxygens (including phenoxy) is 1. The van der Waals surface area contributed by atoms with Crippen LogP contribution in [-0.2, 0) is 14.8 Å². The second kappa shape index (κ2) is 5.16. The molecule has 0 aliphatic carbocycles. The van der Waals surface area contributed by atoms with E-state index in [-0.39, 0.29) is 0 Å². The average Bonchev–Trinajstić information content (AvgIpc) is 2.80. The Kier molecular flexibility index (Phi) is 3.81. The number of methoxy groups -OCH3 is 1. The summed E-state index contributed by atoms with van der Waals surface area (Å²) in [6.07, 6.45) is 0.875. The van der Waals surface area contributed by atoms with Crippen LogP contribution in [0.1, 0.15) is 6.42 Å². The highest BCUT2D eigenvalue weighted by Gasteiger charge is 2.32. The van der Waals surface area contributed by atoms with Crippen molar-refractivity contribution < 1.29 is 13.2 Å². The molecule has 0 amide bonds. The molecule has 1 aliphatic rings. The normalized spacial score (nSPS) is 21.8. The molecule has 0 radical (unpaired) electrons. The molecule has 5 heteroatoms. The lowest BCUT2D eigenvalue weighted by molar-refractivity contribution is 0.157. The Bertz CT molecular complexity index is 458. The van der Waals surface area contributed by atoms with E-state index >= 15 is 0 Å².